The standard InChI is InChI=1S/C15H23BrN2O2/c1-5-18(6-2)15(19)11-17(3)10-12-9-13(16)7-8-14(12)20-4/h7-9H,5-6,10-11H2,1-4H3. The zero-order valence-electron chi connectivity index (χ0n) is 12.6. The quantitative estimate of drug-likeness (QED) is 0.763. The number of nitrogens with zero attached hydrogens (tertiary/aromatic N) is 2. The van der Waals surface area contributed by atoms with Crippen molar-refractivity contribution in [2.75, 3.05) is 33.8 Å². The average Bonchev–Trinajstić information content (AvgIpc) is 2.40. The van der Waals surface area contributed by atoms with Gasteiger partial charge in [0.15, 0.2) is 0 Å². The maximum atomic E-state index is 12.1. The topological polar surface area (TPSA) is 32.8 Å². The van der Waals surface area contributed by atoms with Gasteiger partial charge in [0.05, 0.1) is 13.7 Å². The van der Waals surface area contributed by atoms with Crippen molar-refractivity contribution in [1.82, 2.24) is 9.80 Å². The number of ether oxygens (including phenoxy) is 1. The number of carbonyl (C=O) groups is 1. The van der Waals surface area contributed by atoms with Crippen LogP contribution in [0.15, 0.2) is 22.7 Å². The van der Waals surface area contributed by atoms with Gasteiger partial charge in [0.25, 0.3) is 0 Å². The first-order valence-electron chi connectivity index (χ1n) is 6.80. The van der Waals surface area contributed by atoms with Gasteiger partial charge in [-0.15, -0.1) is 0 Å². The molecule has 0 aromatic heterocycles. The molecule has 0 unspecified atom stereocenters. The first-order chi connectivity index (χ1) is 9.51. The molecule has 0 spiro atoms. The van der Waals surface area contributed by atoms with Crippen LogP contribution < -0.4 is 4.74 Å². The third kappa shape index (κ3) is 4.80. The second-order valence-corrected chi connectivity index (χ2v) is 5.61. The van der Waals surface area contributed by atoms with Gasteiger partial charge in [-0.1, -0.05) is 15.9 Å². The molecule has 0 aliphatic heterocycles. The van der Waals surface area contributed by atoms with E-state index in [1.54, 1.807) is 7.11 Å². The monoisotopic (exact) mass is 342 g/mol. The molecular formula is C15H23BrN2O2. The van der Waals surface area contributed by atoms with Crippen LogP contribution in [0.2, 0.25) is 0 Å². The second-order valence-electron chi connectivity index (χ2n) is 4.69. The van der Waals surface area contributed by atoms with Gasteiger partial charge in [0, 0.05) is 29.7 Å². The number of rotatable bonds is 7. The predicted molar refractivity (Wildman–Crippen MR) is 85.0 cm³/mol. The van der Waals surface area contributed by atoms with E-state index in [4.69, 9.17) is 4.74 Å². The molecule has 0 saturated heterocycles. The number of amides is 1. The number of benzene rings is 1. The molecule has 1 rings (SSSR count). The third-order valence-electron chi connectivity index (χ3n) is 3.20. The van der Waals surface area contributed by atoms with E-state index in [0.29, 0.717) is 13.1 Å². The molecule has 1 aromatic carbocycles. The minimum Gasteiger partial charge on any atom is -0.496 e. The Balaban J connectivity index is 2.68. The van der Waals surface area contributed by atoms with Crippen molar-refractivity contribution in [3.8, 4) is 5.75 Å². The van der Waals surface area contributed by atoms with Crippen LogP contribution in [0.1, 0.15) is 19.4 Å². The summed E-state index contributed by atoms with van der Waals surface area (Å²) >= 11 is 3.46. The lowest BCUT2D eigenvalue weighted by molar-refractivity contribution is -0.131. The Hall–Kier alpha value is -1.07. The highest BCUT2D eigenvalue weighted by Gasteiger charge is 2.14. The Morgan fingerprint density at radius 2 is 1.95 bits per heavy atom. The minimum atomic E-state index is 0.159. The van der Waals surface area contributed by atoms with Crippen LogP contribution in [-0.4, -0.2) is 49.5 Å². The van der Waals surface area contributed by atoms with Crippen molar-refractivity contribution in [3.05, 3.63) is 28.2 Å². The summed E-state index contributed by atoms with van der Waals surface area (Å²) in [6, 6.07) is 5.90. The highest BCUT2D eigenvalue weighted by Crippen LogP contribution is 2.23. The van der Waals surface area contributed by atoms with Crippen LogP contribution in [0.5, 0.6) is 5.75 Å². The molecule has 0 bridgehead atoms. The van der Waals surface area contributed by atoms with Crippen LogP contribution in [0, 0.1) is 0 Å². The molecule has 112 valence electrons. The average molecular weight is 343 g/mol. The summed E-state index contributed by atoms with van der Waals surface area (Å²) in [5.41, 5.74) is 1.07. The fourth-order valence-electron chi connectivity index (χ4n) is 2.12. The molecule has 0 aliphatic carbocycles. The molecule has 0 saturated carbocycles. The summed E-state index contributed by atoms with van der Waals surface area (Å²) in [6.45, 7) is 6.59. The predicted octanol–water partition coefficient (Wildman–Crippen LogP) is 2.76. The smallest absolute Gasteiger partial charge is 0.236 e. The van der Waals surface area contributed by atoms with Gasteiger partial charge in [0.2, 0.25) is 5.91 Å². The lowest BCUT2D eigenvalue weighted by Gasteiger charge is -2.23. The molecule has 1 amide bonds. The molecule has 0 N–H and O–H groups in total. The Kier molecular flexibility index (Phi) is 7.02. The summed E-state index contributed by atoms with van der Waals surface area (Å²) in [5.74, 6) is 1.00. The molecule has 0 radical (unpaired) electrons. The van der Waals surface area contributed by atoms with Crippen LogP contribution in [0.4, 0.5) is 0 Å². The van der Waals surface area contributed by atoms with Crippen molar-refractivity contribution in [2.24, 2.45) is 0 Å². The Bertz CT molecular complexity index is 447. The van der Waals surface area contributed by atoms with E-state index < -0.39 is 0 Å². The maximum absolute atomic E-state index is 12.1. The highest BCUT2D eigenvalue weighted by molar-refractivity contribution is 9.10. The van der Waals surface area contributed by atoms with Crippen molar-refractivity contribution >= 4 is 21.8 Å². The number of halogens is 1. The van der Waals surface area contributed by atoms with Gasteiger partial charge in [-0.25, -0.2) is 0 Å². The van der Waals surface area contributed by atoms with Gasteiger partial charge >= 0.3 is 0 Å². The number of likely N-dealkylation sites (N-methyl/N-ethyl adjacent to an activating group) is 2. The van der Waals surface area contributed by atoms with Crippen molar-refractivity contribution in [1.29, 1.82) is 0 Å². The minimum absolute atomic E-state index is 0.159. The summed E-state index contributed by atoms with van der Waals surface area (Å²) < 4.78 is 6.36. The summed E-state index contributed by atoms with van der Waals surface area (Å²) in [5, 5.41) is 0. The second kappa shape index (κ2) is 8.27. The van der Waals surface area contributed by atoms with E-state index in [1.165, 1.54) is 0 Å². The zero-order valence-corrected chi connectivity index (χ0v) is 14.2. The van der Waals surface area contributed by atoms with E-state index in [9.17, 15) is 4.79 Å². The van der Waals surface area contributed by atoms with Crippen molar-refractivity contribution in [2.45, 2.75) is 20.4 Å². The largest absolute Gasteiger partial charge is 0.496 e. The summed E-state index contributed by atoms with van der Waals surface area (Å²) in [6.07, 6.45) is 0. The van der Waals surface area contributed by atoms with E-state index in [2.05, 4.69) is 15.9 Å². The Morgan fingerprint density at radius 3 is 2.50 bits per heavy atom. The molecule has 0 fully saturated rings. The number of carbonyl (C=O) groups excluding carboxylic acids is 1. The van der Waals surface area contributed by atoms with Gasteiger partial charge in [-0.05, 0) is 39.1 Å². The van der Waals surface area contributed by atoms with Gasteiger partial charge in [-0.2, -0.15) is 0 Å². The van der Waals surface area contributed by atoms with E-state index in [0.717, 1.165) is 28.9 Å². The molecule has 0 heterocycles. The molecule has 20 heavy (non-hydrogen) atoms. The van der Waals surface area contributed by atoms with E-state index >= 15 is 0 Å². The molecule has 1 aromatic rings. The third-order valence-corrected chi connectivity index (χ3v) is 3.70. The van der Waals surface area contributed by atoms with Crippen molar-refractivity contribution < 1.29 is 9.53 Å². The van der Waals surface area contributed by atoms with E-state index in [-0.39, 0.29) is 5.91 Å². The SMILES string of the molecule is CCN(CC)C(=O)CN(C)Cc1cc(Br)ccc1OC. The molecule has 0 atom stereocenters. The van der Waals surface area contributed by atoms with Crippen molar-refractivity contribution in [3.63, 3.8) is 0 Å². The molecular weight excluding hydrogens is 320 g/mol. The number of hydrogen-bond acceptors (Lipinski definition) is 3. The number of methoxy groups -OCH3 is 1. The maximum Gasteiger partial charge on any atom is 0.236 e. The Labute approximate surface area is 129 Å². The van der Waals surface area contributed by atoms with Gasteiger partial charge < -0.3 is 9.64 Å². The van der Waals surface area contributed by atoms with Crippen LogP contribution in [-0.2, 0) is 11.3 Å². The first-order valence-corrected chi connectivity index (χ1v) is 7.59. The van der Waals surface area contributed by atoms with Gasteiger partial charge in [-0.3, -0.25) is 9.69 Å². The van der Waals surface area contributed by atoms with Gasteiger partial charge in [0.1, 0.15) is 5.75 Å². The Morgan fingerprint density at radius 1 is 1.30 bits per heavy atom. The zero-order chi connectivity index (χ0) is 15.1. The normalized spacial score (nSPS) is 10.7. The first kappa shape index (κ1) is 17.0. The lowest BCUT2D eigenvalue weighted by Crippen LogP contribution is -2.38. The molecule has 0 aliphatic rings. The fraction of sp³-hybridized carbons (Fsp3) is 0.533. The van der Waals surface area contributed by atoms with Crippen LogP contribution in [0.3, 0.4) is 0 Å². The number of hydrogen-bond donors (Lipinski definition) is 0. The highest BCUT2D eigenvalue weighted by atomic mass is 79.9. The molecule has 4 nitrogen and oxygen atoms in total. The van der Waals surface area contributed by atoms with Crippen LogP contribution >= 0.6 is 15.9 Å². The van der Waals surface area contributed by atoms with E-state index in [1.807, 2.05) is 48.9 Å². The molecule has 5 heteroatoms. The summed E-state index contributed by atoms with van der Waals surface area (Å²) in [7, 11) is 3.61. The lowest BCUT2D eigenvalue weighted by atomic mass is 10.2. The fourth-order valence-corrected chi connectivity index (χ4v) is 2.53. The van der Waals surface area contributed by atoms with Crippen LogP contribution in [0.25, 0.3) is 0 Å². The summed E-state index contributed by atoms with van der Waals surface area (Å²) in [4.78, 5) is 15.9.